The van der Waals surface area contributed by atoms with Gasteiger partial charge >= 0.3 is 16.8 Å². The van der Waals surface area contributed by atoms with Gasteiger partial charge in [0.2, 0.25) is 12.4 Å². The average Bonchev–Trinajstić information content (AvgIpc) is 1.25. The molecule has 0 aliphatic rings. The van der Waals surface area contributed by atoms with Crippen LogP contribution in [0.5, 0.6) is 0 Å². The van der Waals surface area contributed by atoms with E-state index in [1.54, 1.807) is 0 Å². The van der Waals surface area contributed by atoms with Crippen LogP contribution in [0.15, 0.2) is 0 Å². The molecule has 0 aromatic rings. The third-order valence-electron chi connectivity index (χ3n) is 0. The van der Waals surface area contributed by atoms with E-state index in [2.05, 4.69) is 0 Å². The van der Waals surface area contributed by atoms with Crippen LogP contribution < -0.4 is 10.2 Å². The van der Waals surface area contributed by atoms with Crippen LogP contribution >= 0.6 is 0 Å². The second-order valence-corrected chi connectivity index (χ2v) is 0.475. The van der Waals surface area contributed by atoms with Crippen LogP contribution in [0, 0.1) is 0 Å². The monoisotopic (exact) mass is 185 g/mol. The van der Waals surface area contributed by atoms with Crippen molar-refractivity contribution < 1.29 is 45.4 Å². The Hall–Kier alpha value is -0.694. The van der Waals surface area contributed by atoms with Crippen molar-refractivity contribution in [2.45, 2.75) is 0 Å². The van der Waals surface area contributed by atoms with Gasteiger partial charge in [-0.15, -0.1) is 0 Å². The molecule has 0 N–H and O–H groups in total. The fraction of sp³-hybridized carbons (Fsp3) is 0. The van der Waals surface area contributed by atoms with Crippen LogP contribution in [0.1, 0.15) is 0 Å². The Balaban J connectivity index is -0.0000000720. The van der Waals surface area contributed by atoms with Gasteiger partial charge in [0.15, 0.2) is 0 Å². The molecule has 4 nitrogen and oxygen atoms in total. The van der Waals surface area contributed by atoms with Gasteiger partial charge in [0.25, 0.3) is 0 Å². The van der Waals surface area contributed by atoms with Crippen molar-refractivity contribution in [1.29, 1.82) is 0 Å². The van der Waals surface area contributed by atoms with E-state index in [1.165, 1.54) is 0 Å². The first-order valence-corrected chi connectivity index (χ1v) is 1.19. The summed E-state index contributed by atoms with van der Waals surface area (Å²) in [5, 5.41) is 16.4. The van der Waals surface area contributed by atoms with Crippen LogP contribution in [0.25, 0.3) is 0 Å². The molecule has 0 fully saturated rings. The third kappa shape index (κ3) is 428. The van der Waals surface area contributed by atoms with E-state index in [-0.39, 0.29) is 16.8 Å². The molecular formula is C2CoF2O4. The van der Waals surface area contributed by atoms with Crippen LogP contribution in [0.2, 0.25) is 0 Å². The summed E-state index contributed by atoms with van der Waals surface area (Å²) in [6.07, 6.45) is -5.17. The van der Waals surface area contributed by atoms with Gasteiger partial charge in [-0.25, -0.2) is 0 Å². The SMILES string of the molecule is O=C([O-])F.O=C([O-])F.[Co+2]. The van der Waals surface area contributed by atoms with Crippen molar-refractivity contribution in [3.05, 3.63) is 0 Å². The Morgan fingerprint density at radius 2 is 1.00 bits per heavy atom. The van der Waals surface area contributed by atoms with Crippen LogP contribution in [0.4, 0.5) is 18.4 Å². The van der Waals surface area contributed by atoms with Gasteiger partial charge in [-0.1, -0.05) is 0 Å². The first-order valence-electron chi connectivity index (χ1n) is 1.19. The molecule has 0 amide bonds. The van der Waals surface area contributed by atoms with E-state index in [0.717, 1.165) is 0 Å². The molecule has 9 heavy (non-hydrogen) atoms. The molecule has 0 atom stereocenters. The molecule has 1 radical (unpaired) electrons. The minimum atomic E-state index is -2.58. The molecule has 0 saturated heterocycles. The molecule has 0 spiro atoms. The van der Waals surface area contributed by atoms with Gasteiger partial charge in [-0.2, -0.15) is 8.78 Å². The summed E-state index contributed by atoms with van der Waals surface area (Å²) < 4.78 is 19.6. The summed E-state index contributed by atoms with van der Waals surface area (Å²) in [5.74, 6) is 0. The van der Waals surface area contributed by atoms with Crippen molar-refractivity contribution in [2.75, 3.05) is 0 Å². The predicted molar refractivity (Wildman–Crippen MR) is 13.0 cm³/mol. The summed E-state index contributed by atoms with van der Waals surface area (Å²) in [5.41, 5.74) is 0. The molecule has 0 heterocycles. The second-order valence-electron chi connectivity index (χ2n) is 0.475. The molecule has 55 valence electrons. The van der Waals surface area contributed by atoms with Gasteiger partial charge in [-0.3, -0.25) is 0 Å². The molecule has 0 aromatic carbocycles. The Bertz CT molecular complexity index is 74.6. The smallest absolute Gasteiger partial charge is 0.520 e. The van der Waals surface area contributed by atoms with Crippen molar-refractivity contribution in [3.8, 4) is 0 Å². The molecule has 0 aromatic heterocycles. The maximum atomic E-state index is 9.81. The quantitative estimate of drug-likeness (QED) is 0.434. The minimum absolute atomic E-state index is 0. The number of hydrogen-bond donors (Lipinski definition) is 0. The van der Waals surface area contributed by atoms with Gasteiger partial charge in [0, 0.05) is 0 Å². The average molecular weight is 185 g/mol. The Morgan fingerprint density at radius 1 is 1.00 bits per heavy atom. The summed E-state index contributed by atoms with van der Waals surface area (Å²) >= 11 is 0. The van der Waals surface area contributed by atoms with E-state index in [4.69, 9.17) is 19.8 Å². The van der Waals surface area contributed by atoms with Crippen molar-refractivity contribution >= 4 is 12.4 Å². The van der Waals surface area contributed by atoms with Gasteiger partial charge in [0.1, 0.15) is 0 Å². The molecule has 0 saturated carbocycles. The van der Waals surface area contributed by atoms with Crippen molar-refractivity contribution in [2.24, 2.45) is 0 Å². The molecule has 0 aliphatic heterocycles. The van der Waals surface area contributed by atoms with E-state index >= 15 is 0 Å². The maximum absolute atomic E-state index is 9.81. The molecule has 0 bridgehead atoms. The minimum Gasteiger partial charge on any atom is -0.520 e. The number of rotatable bonds is 0. The molecule has 0 rings (SSSR count). The summed E-state index contributed by atoms with van der Waals surface area (Å²) in [6, 6.07) is 0. The van der Waals surface area contributed by atoms with E-state index in [1.807, 2.05) is 0 Å². The van der Waals surface area contributed by atoms with Gasteiger partial charge in [0.05, 0.1) is 0 Å². The van der Waals surface area contributed by atoms with Crippen LogP contribution in [0.3, 0.4) is 0 Å². The van der Waals surface area contributed by atoms with Gasteiger partial charge in [-0.05, 0) is 0 Å². The first-order chi connectivity index (χ1) is 3.46. The number of hydrogen-bond acceptors (Lipinski definition) is 4. The number of carboxylic acid groups (broad SMARTS) is 2. The number of carbonyl (C=O) groups is 2. The topological polar surface area (TPSA) is 80.3 Å². The number of halogens is 2. The molecular weight excluding hydrogens is 185 g/mol. The Kier molecular flexibility index (Phi) is 18.1. The zero-order chi connectivity index (χ0) is 7.15. The van der Waals surface area contributed by atoms with E-state index in [9.17, 15) is 8.78 Å². The van der Waals surface area contributed by atoms with Crippen LogP contribution in [-0.4, -0.2) is 12.4 Å². The molecule has 0 unspecified atom stereocenters. The normalized spacial score (nSPS) is 5.56. The first kappa shape index (κ1) is 15.7. The third-order valence-corrected chi connectivity index (χ3v) is 0. The predicted octanol–water partition coefficient (Wildman–Crippen LogP) is -1.40. The van der Waals surface area contributed by atoms with Crippen LogP contribution in [-0.2, 0) is 16.8 Å². The molecule has 7 heteroatoms. The zero-order valence-electron chi connectivity index (χ0n) is 3.72. The maximum Gasteiger partial charge on any atom is 2.00 e. The van der Waals surface area contributed by atoms with Crippen molar-refractivity contribution in [1.82, 2.24) is 0 Å². The Labute approximate surface area is 58.7 Å². The fourth-order valence-electron chi connectivity index (χ4n) is 0. The largest absolute Gasteiger partial charge is 2.00 e. The second kappa shape index (κ2) is 10.3. The molecule has 0 aliphatic carbocycles. The van der Waals surface area contributed by atoms with E-state index in [0.29, 0.717) is 0 Å². The summed E-state index contributed by atoms with van der Waals surface area (Å²) in [7, 11) is 0. The fourth-order valence-corrected chi connectivity index (χ4v) is 0. The number of carbonyl (C=O) groups excluding carboxylic acids is 2. The summed E-state index contributed by atoms with van der Waals surface area (Å²) in [4.78, 5) is 16.4. The summed E-state index contributed by atoms with van der Waals surface area (Å²) in [6.45, 7) is 0. The Morgan fingerprint density at radius 3 is 1.00 bits per heavy atom. The van der Waals surface area contributed by atoms with E-state index < -0.39 is 12.4 Å². The standard InChI is InChI=1S/2CHFO2.Co/c2*2-1(3)4;/h2*(H,3,4);/q;;+2/p-2. The zero-order valence-corrected chi connectivity index (χ0v) is 4.76. The van der Waals surface area contributed by atoms with Crippen molar-refractivity contribution in [3.63, 3.8) is 0 Å². The van der Waals surface area contributed by atoms with Gasteiger partial charge < -0.3 is 19.8 Å².